The number of dihydropyridines is 1. The van der Waals surface area contributed by atoms with Gasteiger partial charge in [0.1, 0.15) is 5.83 Å². The van der Waals surface area contributed by atoms with E-state index in [1.54, 1.807) is 6.20 Å². The van der Waals surface area contributed by atoms with Crippen LogP contribution in [0.1, 0.15) is 6.92 Å². The van der Waals surface area contributed by atoms with Gasteiger partial charge in [-0.05, 0) is 25.3 Å². The van der Waals surface area contributed by atoms with Crippen LogP contribution in [0.25, 0.3) is 0 Å². The van der Waals surface area contributed by atoms with Gasteiger partial charge in [0.15, 0.2) is 5.54 Å². The molecule has 0 aromatic rings. The van der Waals surface area contributed by atoms with Crippen molar-refractivity contribution in [1.82, 2.24) is 5.32 Å². The van der Waals surface area contributed by atoms with E-state index in [2.05, 4.69) is 5.32 Å². The number of allylic oxidation sites excluding steroid dienone is 2. The third-order valence-corrected chi connectivity index (χ3v) is 1.41. The second kappa shape index (κ2) is 2.14. The van der Waals surface area contributed by atoms with Crippen molar-refractivity contribution in [2.24, 2.45) is 0 Å². The van der Waals surface area contributed by atoms with Crippen LogP contribution in [-0.2, 0) is 0 Å². The molecule has 1 unspecified atom stereocenters. The Balaban J connectivity index is 2.95. The Morgan fingerprint density at radius 2 is 2.50 bits per heavy atom. The second-order valence-electron chi connectivity index (χ2n) is 2.25. The maximum atomic E-state index is 12.8. The number of hydrogen-bond acceptors (Lipinski definition) is 2. The molecule has 0 aliphatic carbocycles. The summed E-state index contributed by atoms with van der Waals surface area (Å²) in [6.45, 7) is 1.49. The number of nitrogens with one attached hydrogen (secondary N) is 1. The molecule has 0 saturated carbocycles. The predicted molar refractivity (Wildman–Crippen MR) is 35.5 cm³/mol. The minimum Gasteiger partial charge on any atom is -0.368 e. The third kappa shape index (κ3) is 0.883. The van der Waals surface area contributed by atoms with E-state index in [4.69, 9.17) is 5.26 Å². The third-order valence-electron chi connectivity index (χ3n) is 1.41. The van der Waals surface area contributed by atoms with Gasteiger partial charge in [-0.15, -0.1) is 0 Å². The Bertz CT molecular complexity index is 236. The van der Waals surface area contributed by atoms with E-state index < -0.39 is 11.4 Å². The van der Waals surface area contributed by atoms with Crippen LogP contribution in [0.2, 0.25) is 0 Å². The summed E-state index contributed by atoms with van der Waals surface area (Å²) in [5.74, 6) is -0.447. The summed E-state index contributed by atoms with van der Waals surface area (Å²) in [6, 6.07) is 1.82. The lowest BCUT2D eigenvalue weighted by Crippen LogP contribution is -2.39. The van der Waals surface area contributed by atoms with E-state index >= 15 is 0 Å². The summed E-state index contributed by atoms with van der Waals surface area (Å²) in [5.41, 5.74) is -1.16. The quantitative estimate of drug-likeness (QED) is 0.546. The summed E-state index contributed by atoms with van der Waals surface area (Å²) in [6.07, 6.45) is 4.35. The van der Waals surface area contributed by atoms with Crippen molar-refractivity contribution >= 4 is 0 Å². The van der Waals surface area contributed by atoms with Crippen molar-refractivity contribution in [2.75, 3.05) is 0 Å². The SMILES string of the molecule is CC1(C#N)NC=CC=C1F. The second-order valence-corrected chi connectivity index (χ2v) is 2.25. The number of rotatable bonds is 0. The molecular weight excluding hydrogens is 131 g/mol. The number of nitriles is 1. The first kappa shape index (κ1) is 6.81. The molecule has 2 nitrogen and oxygen atoms in total. The van der Waals surface area contributed by atoms with Crippen molar-refractivity contribution in [2.45, 2.75) is 12.5 Å². The average Bonchev–Trinajstić information content (AvgIpc) is 1.96. The topological polar surface area (TPSA) is 35.8 Å². The first-order valence-electron chi connectivity index (χ1n) is 2.91. The molecule has 0 aromatic carbocycles. The molecule has 0 bridgehead atoms. The average molecular weight is 138 g/mol. The number of nitrogens with zero attached hydrogens (tertiary/aromatic N) is 1. The largest absolute Gasteiger partial charge is 0.368 e. The molecule has 1 heterocycles. The van der Waals surface area contributed by atoms with Gasteiger partial charge in [-0.2, -0.15) is 5.26 Å². The summed E-state index contributed by atoms with van der Waals surface area (Å²) in [7, 11) is 0. The van der Waals surface area contributed by atoms with Crippen molar-refractivity contribution in [1.29, 1.82) is 5.26 Å². The fraction of sp³-hybridized carbons (Fsp3) is 0.286. The Kier molecular flexibility index (Phi) is 1.46. The highest BCUT2D eigenvalue weighted by atomic mass is 19.1. The molecule has 10 heavy (non-hydrogen) atoms. The van der Waals surface area contributed by atoms with Crippen LogP contribution >= 0.6 is 0 Å². The maximum absolute atomic E-state index is 12.8. The monoisotopic (exact) mass is 138 g/mol. The first-order chi connectivity index (χ1) is 4.69. The highest BCUT2D eigenvalue weighted by molar-refractivity contribution is 5.31. The molecule has 1 rings (SSSR count). The Morgan fingerprint density at radius 3 is 2.90 bits per heavy atom. The summed E-state index contributed by atoms with van der Waals surface area (Å²) < 4.78 is 12.8. The highest BCUT2D eigenvalue weighted by Gasteiger charge is 2.28. The van der Waals surface area contributed by atoms with E-state index in [0.29, 0.717) is 0 Å². The zero-order valence-corrected chi connectivity index (χ0v) is 5.56. The molecule has 1 N–H and O–H groups in total. The Morgan fingerprint density at radius 1 is 1.80 bits per heavy atom. The maximum Gasteiger partial charge on any atom is 0.174 e. The number of hydrogen-bond donors (Lipinski definition) is 1. The molecule has 1 aliphatic rings. The van der Waals surface area contributed by atoms with E-state index in [9.17, 15) is 4.39 Å². The van der Waals surface area contributed by atoms with Crippen molar-refractivity contribution in [3.8, 4) is 6.07 Å². The lowest BCUT2D eigenvalue weighted by molar-refractivity contribution is 0.449. The van der Waals surface area contributed by atoms with Crippen molar-refractivity contribution in [3.63, 3.8) is 0 Å². The zero-order chi connectivity index (χ0) is 7.61. The van der Waals surface area contributed by atoms with Gasteiger partial charge in [-0.3, -0.25) is 0 Å². The van der Waals surface area contributed by atoms with Crippen LogP contribution in [0.15, 0.2) is 24.2 Å². The van der Waals surface area contributed by atoms with E-state index in [0.717, 1.165) is 0 Å². The first-order valence-corrected chi connectivity index (χ1v) is 2.91. The normalized spacial score (nSPS) is 30.3. The molecule has 52 valence electrons. The Labute approximate surface area is 58.7 Å². The zero-order valence-electron chi connectivity index (χ0n) is 5.56. The molecule has 1 atom stereocenters. The van der Waals surface area contributed by atoms with Gasteiger partial charge in [-0.25, -0.2) is 4.39 Å². The molecule has 3 heteroatoms. The van der Waals surface area contributed by atoms with Gasteiger partial charge in [0.2, 0.25) is 0 Å². The molecule has 0 fully saturated rings. The van der Waals surface area contributed by atoms with E-state index in [1.807, 2.05) is 6.07 Å². The summed E-state index contributed by atoms with van der Waals surface area (Å²) in [5, 5.41) is 11.1. The van der Waals surface area contributed by atoms with Gasteiger partial charge in [-0.1, -0.05) is 0 Å². The molecule has 0 spiro atoms. The van der Waals surface area contributed by atoms with Crippen molar-refractivity contribution in [3.05, 3.63) is 24.2 Å². The minimum atomic E-state index is -1.16. The lowest BCUT2D eigenvalue weighted by Gasteiger charge is -2.21. The van der Waals surface area contributed by atoms with Crippen LogP contribution in [-0.4, -0.2) is 5.54 Å². The summed E-state index contributed by atoms with van der Waals surface area (Å²) in [4.78, 5) is 0. The van der Waals surface area contributed by atoms with Gasteiger partial charge >= 0.3 is 0 Å². The van der Waals surface area contributed by atoms with Crippen LogP contribution < -0.4 is 5.32 Å². The predicted octanol–water partition coefficient (Wildman–Crippen LogP) is 1.24. The Hall–Kier alpha value is -1.30. The fourth-order valence-corrected chi connectivity index (χ4v) is 0.669. The van der Waals surface area contributed by atoms with Gasteiger partial charge in [0, 0.05) is 0 Å². The van der Waals surface area contributed by atoms with E-state index in [1.165, 1.54) is 19.1 Å². The summed E-state index contributed by atoms with van der Waals surface area (Å²) >= 11 is 0. The molecule has 0 amide bonds. The van der Waals surface area contributed by atoms with Gasteiger partial charge in [0.05, 0.1) is 6.07 Å². The van der Waals surface area contributed by atoms with Gasteiger partial charge < -0.3 is 5.32 Å². The molecule has 0 aromatic heterocycles. The molecule has 1 aliphatic heterocycles. The van der Waals surface area contributed by atoms with E-state index in [-0.39, 0.29) is 0 Å². The van der Waals surface area contributed by atoms with Crippen LogP contribution in [0, 0.1) is 11.3 Å². The lowest BCUT2D eigenvalue weighted by atomic mass is 10.0. The fourth-order valence-electron chi connectivity index (χ4n) is 0.669. The smallest absolute Gasteiger partial charge is 0.174 e. The van der Waals surface area contributed by atoms with Crippen LogP contribution in [0.3, 0.4) is 0 Å². The van der Waals surface area contributed by atoms with Crippen LogP contribution in [0.4, 0.5) is 4.39 Å². The standard InChI is InChI=1S/C7H7FN2/c1-7(5-9)6(8)3-2-4-10-7/h2-4,10H,1H3. The number of halogens is 1. The molecule has 0 saturated heterocycles. The van der Waals surface area contributed by atoms with Gasteiger partial charge in [0.25, 0.3) is 0 Å². The van der Waals surface area contributed by atoms with Crippen molar-refractivity contribution < 1.29 is 4.39 Å². The minimum absolute atomic E-state index is 0.447. The highest BCUT2D eigenvalue weighted by Crippen LogP contribution is 2.19. The van der Waals surface area contributed by atoms with Crippen LogP contribution in [0.5, 0.6) is 0 Å². The molecule has 0 radical (unpaired) electrons. The molecular formula is C7H7FN2.